The van der Waals surface area contributed by atoms with Crippen molar-refractivity contribution in [2.45, 2.75) is 31.5 Å². The normalized spacial score (nSPS) is 10.3. The van der Waals surface area contributed by atoms with E-state index in [0.717, 1.165) is 35.3 Å². The molecule has 19 heavy (non-hydrogen) atoms. The van der Waals surface area contributed by atoms with Gasteiger partial charge in [-0.05, 0) is 25.5 Å². The lowest BCUT2D eigenvalue weighted by atomic mass is 10.2. The predicted octanol–water partition coefficient (Wildman–Crippen LogP) is 2.76. The van der Waals surface area contributed by atoms with Gasteiger partial charge in [-0.1, -0.05) is 11.8 Å². The van der Waals surface area contributed by atoms with Gasteiger partial charge in [0, 0.05) is 36.7 Å². The maximum absolute atomic E-state index is 8.52. The van der Waals surface area contributed by atoms with Gasteiger partial charge in [0.2, 0.25) is 0 Å². The molecule has 2 rings (SSSR count). The molecule has 2 aromatic rings. The fraction of sp³-hybridized carbons (Fsp3) is 0.385. The number of nitrogens with zero attached hydrogens (tertiary/aromatic N) is 5. The Morgan fingerprint density at radius 2 is 2.11 bits per heavy atom. The zero-order valence-electron chi connectivity index (χ0n) is 10.8. The monoisotopic (exact) mass is 273 g/mol. The Kier molecular flexibility index (Phi) is 4.93. The molecule has 0 saturated heterocycles. The molecule has 0 aliphatic heterocycles. The van der Waals surface area contributed by atoms with Crippen molar-refractivity contribution >= 4 is 11.8 Å². The van der Waals surface area contributed by atoms with E-state index in [2.05, 4.69) is 32.7 Å². The van der Waals surface area contributed by atoms with Crippen LogP contribution in [0.5, 0.6) is 0 Å². The molecule has 0 bridgehead atoms. The average Bonchev–Trinajstić information content (AvgIpc) is 2.87. The van der Waals surface area contributed by atoms with Crippen molar-refractivity contribution in [2.75, 3.05) is 5.75 Å². The fourth-order valence-electron chi connectivity index (χ4n) is 1.71. The largest absolute Gasteiger partial charge is 0.302 e. The summed E-state index contributed by atoms with van der Waals surface area (Å²) in [6.07, 6.45) is 4.97. The number of aromatic nitrogens is 4. The van der Waals surface area contributed by atoms with Crippen LogP contribution in [-0.4, -0.2) is 25.5 Å². The van der Waals surface area contributed by atoms with E-state index >= 15 is 0 Å². The van der Waals surface area contributed by atoms with E-state index < -0.39 is 0 Å². The number of hydrogen-bond acceptors (Lipinski definition) is 5. The molecule has 6 heteroatoms. The first-order valence-corrected chi connectivity index (χ1v) is 7.18. The SMILES string of the molecule is CCn1c(SCCCC#N)nnc1-c1ccncc1. The quantitative estimate of drug-likeness (QED) is 0.598. The molecule has 2 heterocycles. The molecule has 0 aliphatic carbocycles. The van der Waals surface area contributed by atoms with Crippen molar-refractivity contribution in [3.8, 4) is 17.5 Å². The van der Waals surface area contributed by atoms with Crippen LogP contribution in [0.15, 0.2) is 29.7 Å². The minimum absolute atomic E-state index is 0.588. The molecule has 0 aromatic carbocycles. The molecule has 0 saturated carbocycles. The molecular weight excluding hydrogens is 258 g/mol. The zero-order chi connectivity index (χ0) is 13.5. The van der Waals surface area contributed by atoms with Gasteiger partial charge in [0.15, 0.2) is 11.0 Å². The minimum Gasteiger partial charge on any atom is -0.302 e. The lowest BCUT2D eigenvalue weighted by molar-refractivity contribution is 0.687. The van der Waals surface area contributed by atoms with E-state index in [0.29, 0.717) is 6.42 Å². The lowest BCUT2D eigenvalue weighted by Gasteiger charge is -2.06. The Labute approximate surface area is 116 Å². The number of rotatable bonds is 6. The summed E-state index contributed by atoms with van der Waals surface area (Å²) in [7, 11) is 0. The second kappa shape index (κ2) is 6.90. The van der Waals surface area contributed by atoms with Gasteiger partial charge in [-0.2, -0.15) is 5.26 Å². The summed E-state index contributed by atoms with van der Waals surface area (Å²) in [6.45, 7) is 2.90. The Balaban J connectivity index is 2.15. The van der Waals surface area contributed by atoms with Crippen LogP contribution in [0.4, 0.5) is 0 Å². The van der Waals surface area contributed by atoms with E-state index in [1.807, 2.05) is 12.1 Å². The highest BCUT2D eigenvalue weighted by molar-refractivity contribution is 7.99. The van der Waals surface area contributed by atoms with E-state index in [-0.39, 0.29) is 0 Å². The zero-order valence-corrected chi connectivity index (χ0v) is 11.6. The first-order valence-electron chi connectivity index (χ1n) is 6.20. The fourth-order valence-corrected chi connectivity index (χ4v) is 2.65. The molecule has 0 aliphatic rings. The minimum atomic E-state index is 0.588. The number of pyridine rings is 1. The number of hydrogen-bond donors (Lipinski definition) is 0. The van der Waals surface area contributed by atoms with Gasteiger partial charge in [0.1, 0.15) is 0 Å². The molecule has 2 aromatic heterocycles. The summed E-state index contributed by atoms with van der Waals surface area (Å²) in [4.78, 5) is 4.01. The van der Waals surface area contributed by atoms with Gasteiger partial charge in [-0.3, -0.25) is 4.98 Å². The third kappa shape index (κ3) is 3.32. The molecule has 0 fully saturated rings. The summed E-state index contributed by atoms with van der Waals surface area (Å²) in [5, 5.41) is 17.9. The third-order valence-electron chi connectivity index (χ3n) is 2.64. The van der Waals surface area contributed by atoms with Crippen molar-refractivity contribution in [3.63, 3.8) is 0 Å². The van der Waals surface area contributed by atoms with Gasteiger partial charge >= 0.3 is 0 Å². The topological polar surface area (TPSA) is 67.4 Å². The highest BCUT2D eigenvalue weighted by Crippen LogP contribution is 2.23. The van der Waals surface area contributed by atoms with E-state index in [4.69, 9.17) is 5.26 Å². The van der Waals surface area contributed by atoms with Gasteiger partial charge in [-0.25, -0.2) is 0 Å². The number of unbranched alkanes of at least 4 members (excludes halogenated alkanes) is 1. The van der Waals surface area contributed by atoms with Crippen LogP contribution in [0.2, 0.25) is 0 Å². The van der Waals surface area contributed by atoms with Crippen LogP contribution in [0.25, 0.3) is 11.4 Å². The van der Waals surface area contributed by atoms with Crippen molar-refractivity contribution in [1.29, 1.82) is 5.26 Å². The van der Waals surface area contributed by atoms with Gasteiger partial charge in [0.25, 0.3) is 0 Å². The molecule has 0 spiro atoms. The number of nitriles is 1. The molecule has 98 valence electrons. The van der Waals surface area contributed by atoms with Crippen LogP contribution in [-0.2, 0) is 6.54 Å². The van der Waals surface area contributed by atoms with Crippen molar-refractivity contribution in [1.82, 2.24) is 19.7 Å². The van der Waals surface area contributed by atoms with E-state index in [1.54, 1.807) is 24.2 Å². The second-order valence-corrected chi connectivity index (χ2v) is 4.96. The summed E-state index contributed by atoms with van der Waals surface area (Å²) in [5.74, 6) is 1.76. The predicted molar refractivity (Wildman–Crippen MR) is 74.5 cm³/mol. The van der Waals surface area contributed by atoms with Crippen LogP contribution in [0.1, 0.15) is 19.8 Å². The second-order valence-electron chi connectivity index (χ2n) is 3.90. The van der Waals surface area contributed by atoms with Gasteiger partial charge in [-0.15, -0.1) is 10.2 Å². The maximum atomic E-state index is 8.52. The summed E-state index contributed by atoms with van der Waals surface area (Å²) in [5.41, 5.74) is 1.02. The average molecular weight is 273 g/mol. The standard InChI is InChI=1S/C13H15N5S/c1-2-18-12(11-5-8-15-9-6-11)16-17-13(18)19-10-4-3-7-14/h5-6,8-9H,2-4,10H2,1H3. The van der Waals surface area contributed by atoms with Crippen molar-refractivity contribution < 1.29 is 0 Å². The van der Waals surface area contributed by atoms with Crippen molar-refractivity contribution in [3.05, 3.63) is 24.5 Å². The molecule has 5 nitrogen and oxygen atoms in total. The first kappa shape index (κ1) is 13.6. The third-order valence-corrected chi connectivity index (χ3v) is 3.69. The first-order chi connectivity index (χ1) is 9.36. The molecular formula is C13H15N5S. The Hall–Kier alpha value is -1.87. The van der Waals surface area contributed by atoms with E-state index in [1.165, 1.54) is 0 Å². The van der Waals surface area contributed by atoms with E-state index in [9.17, 15) is 0 Å². The van der Waals surface area contributed by atoms with Crippen LogP contribution >= 0.6 is 11.8 Å². The molecule has 0 unspecified atom stereocenters. The molecule has 0 atom stereocenters. The summed E-state index contributed by atoms with van der Waals surface area (Å²) < 4.78 is 2.09. The van der Waals surface area contributed by atoms with Gasteiger partial charge in [0.05, 0.1) is 6.07 Å². The van der Waals surface area contributed by atoms with Crippen LogP contribution in [0.3, 0.4) is 0 Å². The highest BCUT2D eigenvalue weighted by Gasteiger charge is 2.12. The smallest absolute Gasteiger partial charge is 0.191 e. The summed E-state index contributed by atoms with van der Waals surface area (Å²) in [6, 6.07) is 6.01. The Morgan fingerprint density at radius 3 is 2.79 bits per heavy atom. The number of thioether (sulfide) groups is 1. The maximum Gasteiger partial charge on any atom is 0.191 e. The van der Waals surface area contributed by atoms with Crippen molar-refractivity contribution in [2.24, 2.45) is 0 Å². The Morgan fingerprint density at radius 1 is 1.32 bits per heavy atom. The summed E-state index contributed by atoms with van der Waals surface area (Å²) >= 11 is 1.65. The molecule has 0 radical (unpaired) electrons. The molecule has 0 N–H and O–H groups in total. The van der Waals surface area contributed by atoms with Gasteiger partial charge < -0.3 is 4.57 Å². The van der Waals surface area contributed by atoms with Crippen LogP contribution < -0.4 is 0 Å². The highest BCUT2D eigenvalue weighted by atomic mass is 32.2. The Bertz CT molecular complexity index is 558. The lowest BCUT2D eigenvalue weighted by Crippen LogP contribution is -2.00. The van der Waals surface area contributed by atoms with Crippen LogP contribution in [0, 0.1) is 11.3 Å². The molecule has 0 amide bonds.